The Hall–Kier alpha value is -1.10. The van der Waals surface area contributed by atoms with Crippen LogP contribution >= 0.6 is 0 Å². The van der Waals surface area contributed by atoms with Gasteiger partial charge in [-0.3, -0.25) is 9.59 Å². The first kappa shape index (κ1) is 15.8. The average Bonchev–Trinajstić information content (AvgIpc) is 2.58. The van der Waals surface area contributed by atoms with Crippen LogP contribution in [0.25, 0.3) is 0 Å². The Labute approximate surface area is 133 Å². The van der Waals surface area contributed by atoms with E-state index in [4.69, 9.17) is 4.74 Å². The van der Waals surface area contributed by atoms with Crippen molar-refractivity contribution in [2.45, 2.75) is 44.9 Å². The minimum absolute atomic E-state index is 0.000564. The monoisotopic (exact) mass is 308 g/mol. The highest BCUT2D eigenvalue weighted by atomic mass is 16.5. The van der Waals surface area contributed by atoms with Crippen LogP contribution in [-0.4, -0.2) is 61.0 Å². The minimum atomic E-state index is -0.000564. The highest BCUT2D eigenvalue weighted by Gasteiger charge is 2.34. The molecule has 124 valence electrons. The fourth-order valence-corrected chi connectivity index (χ4v) is 4.02. The number of carbonyl (C=O) groups is 2. The van der Waals surface area contributed by atoms with E-state index in [1.807, 2.05) is 9.80 Å². The zero-order chi connectivity index (χ0) is 15.4. The summed E-state index contributed by atoms with van der Waals surface area (Å²) in [6.07, 6.45) is 7.66. The van der Waals surface area contributed by atoms with Crippen LogP contribution in [0.4, 0.5) is 0 Å². The van der Waals surface area contributed by atoms with E-state index < -0.39 is 0 Å². The molecule has 0 aromatic carbocycles. The summed E-state index contributed by atoms with van der Waals surface area (Å²) in [5.74, 6) is 1.12. The number of rotatable bonds is 3. The van der Waals surface area contributed by atoms with Gasteiger partial charge in [-0.15, -0.1) is 0 Å². The second-order valence-electron chi connectivity index (χ2n) is 6.98. The highest BCUT2D eigenvalue weighted by Crippen LogP contribution is 2.27. The van der Waals surface area contributed by atoms with Crippen LogP contribution < -0.4 is 0 Å². The number of ether oxygens (including phenoxy) is 1. The second-order valence-corrected chi connectivity index (χ2v) is 6.98. The maximum absolute atomic E-state index is 12.6. The molecule has 2 amide bonds. The van der Waals surface area contributed by atoms with E-state index in [0.717, 1.165) is 13.0 Å². The van der Waals surface area contributed by atoms with Gasteiger partial charge in [0.1, 0.15) is 0 Å². The lowest BCUT2D eigenvalue weighted by Gasteiger charge is -2.38. The van der Waals surface area contributed by atoms with Gasteiger partial charge in [-0.05, 0) is 25.2 Å². The molecule has 0 N–H and O–H groups in total. The van der Waals surface area contributed by atoms with E-state index in [1.54, 1.807) is 0 Å². The first-order valence-corrected chi connectivity index (χ1v) is 8.88. The number of piperidine rings is 1. The van der Waals surface area contributed by atoms with Crippen LogP contribution in [0.1, 0.15) is 44.9 Å². The predicted molar refractivity (Wildman–Crippen MR) is 83.3 cm³/mol. The van der Waals surface area contributed by atoms with Crippen LogP contribution in [0, 0.1) is 11.8 Å². The zero-order valence-electron chi connectivity index (χ0n) is 13.5. The van der Waals surface area contributed by atoms with Gasteiger partial charge in [-0.2, -0.15) is 0 Å². The van der Waals surface area contributed by atoms with Crippen molar-refractivity contribution in [2.24, 2.45) is 11.8 Å². The third-order valence-electron chi connectivity index (χ3n) is 5.38. The molecule has 0 spiro atoms. The average molecular weight is 308 g/mol. The third kappa shape index (κ3) is 3.80. The molecule has 5 nitrogen and oxygen atoms in total. The van der Waals surface area contributed by atoms with E-state index in [-0.39, 0.29) is 17.7 Å². The summed E-state index contributed by atoms with van der Waals surface area (Å²) >= 11 is 0. The molecular formula is C17H28N2O3. The van der Waals surface area contributed by atoms with Crippen LogP contribution in [0.15, 0.2) is 0 Å². The summed E-state index contributed by atoms with van der Waals surface area (Å²) in [5, 5.41) is 0. The molecule has 2 saturated heterocycles. The molecule has 5 heteroatoms. The van der Waals surface area contributed by atoms with Crippen molar-refractivity contribution < 1.29 is 14.3 Å². The highest BCUT2D eigenvalue weighted by molar-refractivity contribution is 5.84. The van der Waals surface area contributed by atoms with Gasteiger partial charge in [0.05, 0.1) is 19.1 Å². The number of nitrogens with zero attached hydrogens (tertiary/aromatic N) is 2. The van der Waals surface area contributed by atoms with Crippen LogP contribution in [-0.2, 0) is 14.3 Å². The van der Waals surface area contributed by atoms with Crippen molar-refractivity contribution in [3.63, 3.8) is 0 Å². The summed E-state index contributed by atoms with van der Waals surface area (Å²) in [5.41, 5.74) is 0. The Bertz CT molecular complexity index is 401. The fourth-order valence-electron chi connectivity index (χ4n) is 4.02. The molecule has 1 saturated carbocycles. The van der Waals surface area contributed by atoms with E-state index in [0.29, 0.717) is 45.2 Å². The van der Waals surface area contributed by atoms with Crippen molar-refractivity contribution in [3.05, 3.63) is 0 Å². The minimum Gasteiger partial charge on any atom is -0.378 e. The first-order valence-electron chi connectivity index (χ1n) is 8.88. The third-order valence-corrected chi connectivity index (χ3v) is 5.38. The lowest BCUT2D eigenvalue weighted by molar-refractivity contribution is -0.146. The lowest BCUT2D eigenvalue weighted by atomic mass is 9.87. The van der Waals surface area contributed by atoms with Crippen molar-refractivity contribution in [2.75, 3.05) is 39.4 Å². The Balaban J connectivity index is 1.55. The van der Waals surface area contributed by atoms with Gasteiger partial charge in [0.25, 0.3) is 0 Å². The number of carbonyl (C=O) groups excluding carboxylic acids is 2. The van der Waals surface area contributed by atoms with Crippen molar-refractivity contribution in [1.29, 1.82) is 0 Å². The Kier molecular flexibility index (Phi) is 5.34. The standard InChI is InChI=1S/C17H28N2O3/c20-16-7-6-15(17(21)18-8-10-22-11-9-18)13-19(16)12-14-4-2-1-3-5-14/h14-15H,1-13H2/t15-/m1/s1. The molecule has 3 fully saturated rings. The van der Waals surface area contributed by atoms with E-state index in [9.17, 15) is 9.59 Å². The van der Waals surface area contributed by atoms with Crippen LogP contribution in [0.5, 0.6) is 0 Å². The topological polar surface area (TPSA) is 49.9 Å². The fraction of sp³-hybridized carbons (Fsp3) is 0.882. The number of likely N-dealkylation sites (tertiary alicyclic amines) is 1. The molecule has 0 aromatic rings. The van der Waals surface area contributed by atoms with Crippen LogP contribution in [0.2, 0.25) is 0 Å². The summed E-state index contributed by atoms with van der Waals surface area (Å²) in [6, 6.07) is 0. The van der Waals surface area contributed by atoms with Gasteiger partial charge < -0.3 is 14.5 Å². The van der Waals surface area contributed by atoms with E-state index >= 15 is 0 Å². The lowest BCUT2D eigenvalue weighted by Crippen LogP contribution is -2.50. The summed E-state index contributed by atoms with van der Waals surface area (Å²) in [7, 11) is 0. The molecule has 3 aliphatic rings. The van der Waals surface area contributed by atoms with Gasteiger partial charge in [0.2, 0.25) is 11.8 Å². The predicted octanol–water partition coefficient (Wildman–Crippen LogP) is 1.66. The summed E-state index contributed by atoms with van der Waals surface area (Å²) < 4.78 is 5.32. The van der Waals surface area contributed by atoms with E-state index in [1.165, 1.54) is 32.1 Å². The number of hydrogen-bond acceptors (Lipinski definition) is 3. The molecule has 0 aromatic heterocycles. The number of amides is 2. The van der Waals surface area contributed by atoms with Crippen LogP contribution in [0.3, 0.4) is 0 Å². The van der Waals surface area contributed by atoms with Gasteiger partial charge in [0, 0.05) is 32.6 Å². The quantitative estimate of drug-likeness (QED) is 0.797. The molecule has 22 heavy (non-hydrogen) atoms. The molecule has 2 heterocycles. The van der Waals surface area contributed by atoms with Gasteiger partial charge in [-0.25, -0.2) is 0 Å². The molecule has 2 aliphatic heterocycles. The molecule has 3 rings (SSSR count). The van der Waals surface area contributed by atoms with E-state index in [2.05, 4.69) is 0 Å². The van der Waals surface area contributed by atoms with Gasteiger partial charge in [0.15, 0.2) is 0 Å². The molecular weight excluding hydrogens is 280 g/mol. The largest absolute Gasteiger partial charge is 0.378 e. The summed E-state index contributed by atoms with van der Waals surface area (Å²) in [6.45, 7) is 4.18. The molecule has 1 aliphatic carbocycles. The van der Waals surface area contributed by atoms with Crippen molar-refractivity contribution in [1.82, 2.24) is 9.80 Å². The first-order chi connectivity index (χ1) is 10.7. The van der Waals surface area contributed by atoms with Crippen molar-refractivity contribution >= 4 is 11.8 Å². The normalized spacial score (nSPS) is 28.0. The molecule has 1 atom stereocenters. The number of morpholine rings is 1. The summed E-state index contributed by atoms with van der Waals surface area (Å²) in [4.78, 5) is 28.7. The molecule has 0 bridgehead atoms. The maximum Gasteiger partial charge on any atom is 0.227 e. The molecule has 0 radical (unpaired) electrons. The Morgan fingerprint density at radius 1 is 1.09 bits per heavy atom. The maximum atomic E-state index is 12.6. The number of hydrogen-bond donors (Lipinski definition) is 0. The zero-order valence-corrected chi connectivity index (χ0v) is 13.5. The molecule has 0 unspecified atom stereocenters. The Morgan fingerprint density at radius 2 is 1.82 bits per heavy atom. The second kappa shape index (κ2) is 7.44. The van der Waals surface area contributed by atoms with Crippen molar-refractivity contribution in [3.8, 4) is 0 Å². The van der Waals surface area contributed by atoms with Gasteiger partial charge >= 0.3 is 0 Å². The smallest absolute Gasteiger partial charge is 0.227 e. The van der Waals surface area contributed by atoms with Gasteiger partial charge in [-0.1, -0.05) is 19.3 Å². The SMILES string of the molecule is O=C1CC[C@@H](C(=O)N2CCOCC2)CN1CC1CCCCC1. The Morgan fingerprint density at radius 3 is 2.55 bits per heavy atom.